The Bertz CT molecular complexity index is 560. The average molecular weight is 263 g/mol. The van der Waals surface area contributed by atoms with Crippen LogP contribution in [0.3, 0.4) is 0 Å². The summed E-state index contributed by atoms with van der Waals surface area (Å²) in [5.41, 5.74) is 1.54. The first kappa shape index (κ1) is 12.6. The number of thiazole rings is 1. The molecule has 5 heteroatoms. The van der Waals surface area contributed by atoms with Crippen molar-refractivity contribution in [1.29, 1.82) is 0 Å². The van der Waals surface area contributed by atoms with Gasteiger partial charge in [0.05, 0.1) is 12.3 Å². The lowest BCUT2D eigenvalue weighted by molar-refractivity contribution is 0.0531. The molecule has 0 atom stereocenters. The minimum absolute atomic E-state index is 0.206. The maximum absolute atomic E-state index is 11.7. The molecule has 1 aromatic heterocycles. The van der Waals surface area contributed by atoms with Crippen molar-refractivity contribution in [1.82, 2.24) is 4.98 Å². The number of nitrogens with zero attached hydrogens (tertiary/aromatic N) is 1. The number of rotatable bonds is 3. The van der Waals surface area contributed by atoms with Crippen molar-refractivity contribution in [2.75, 3.05) is 6.61 Å². The summed E-state index contributed by atoms with van der Waals surface area (Å²) >= 11 is 1.30. The quantitative estimate of drug-likeness (QED) is 0.865. The van der Waals surface area contributed by atoms with Crippen LogP contribution in [0, 0.1) is 6.92 Å². The lowest BCUT2D eigenvalue weighted by Gasteiger charge is -1.97. The third kappa shape index (κ3) is 2.51. The van der Waals surface area contributed by atoms with Gasteiger partial charge in [-0.05, 0) is 38.1 Å². The second-order valence-corrected chi connectivity index (χ2v) is 4.70. The van der Waals surface area contributed by atoms with Gasteiger partial charge in [0, 0.05) is 5.56 Å². The van der Waals surface area contributed by atoms with Crippen LogP contribution in [0.1, 0.15) is 22.3 Å². The minimum Gasteiger partial charge on any atom is -0.508 e. The number of aromatic nitrogens is 1. The highest BCUT2D eigenvalue weighted by Crippen LogP contribution is 2.29. The fourth-order valence-electron chi connectivity index (χ4n) is 1.51. The molecule has 1 N–H and O–H groups in total. The van der Waals surface area contributed by atoms with E-state index in [4.69, 9.17) is 4.74 Å². The van der Waals surface area contributed by atoms with E-state index in [2.05, 4.69) is 4.98 Å². The molecule has 0 aliphatic heterocycles. The van der Waals surface area contributed by atoms with Crippen molar-refractivity contribution < 1.29 is 14.6 Å². The largest absolute Gasteiger partial charge is 0.508 e. The molecular formula is C13H13NO3S. The molecule has 0 amide bonds. The van der Waals surface area contributed by atoms with Crippen molar-refractivity contribution >= 4 is 17.3 Å². The number of ether oxygens (including phenoxy) is 1. The van der Waals surface area contributed by atoms with Crippen molar-refractivity contribution in [3.8, 4) is 16.3 Å². The van der Waals surface area contributed by atoms with E-state index in [9.17, 15) is 9.90 Å². The molecule has 18 heavy (non-hydrogen) atoms. The van der Waals surface area contributed by atoms with E-state index in [0.29, 0.717) is 17.2 Å². The first-order valence-electron chi connectivity index (χ1n) is 5.55. The summed E-state index contributed by atoms with van der Waals surface area (Å²) in [7, 11) is 0. The maximum Gasteiger partial charge on any atom is 0.350 e. The zero-order chi connectivity index (χ0) is 13.1. The Morgan fingerprint density at radius 1 is 1.39 bits per heavy atom. The number of carbonyl (C=O) groups is 1. The molecule has 2 rings (SSSR count). The number of phenolic OH excluding ortho intramolecular Hbond substituents is 1. The van der Waals surface area contributed by atoms with Gasteiger partial charge in [0.15, 0.2) is 0 Å². The van der Waals surface area contributed by atoms with Crippen molar-refractivity contribution in [3.63, 3.8) is 0 Å². The number of phenols is 1. The van der Waals surface area contributed by atoms with Crippen molar-refractivity contribution in [2.45, 2.75) is 13.8 Å². The Morgan fingerprint density at radius 3 is 2.67 bits per heavy atom. The Balaban J connectivity index is 2.34. The normalized spacial score (nSPS) is 10.3. The van der Waals surface area contributed by atoms with Gasteiger partial charge in [-0.25, -0.2) is 9.78 Å². The number of aromatic hydroxyl groups is 1. The number of aryl methyl sites for hydroxylation is 1. The number of hydrogen-bond donors (Lipinski definition) is 1. The molecule has 0 bridgehead atoms. The first-order chi connectivity index (χ1) is 8.61. The van der Waals surface area contributed by atoms with Crippen LogP contribution in [0.4, 0.5) is 0 Å². The summed E-state index contributed by atoms with van der Waals surface area (Å²) < 4.78 is 4.97. The summed E-state index contributed by atoms with van der Waals surface area (Å²) in [6, 6.07) is 6.72. The molecule has 0 radical (unpaired) electrons. The average Bonchev–Trinajstić information content (AvgIpc) is 2.72. The summed E-state index contributed by atoms with van der Waals surface area (Å²) in [5.74, 6) is -0.129. The zero-order valence-corrected chi connectivity index (χ0v) is 11.0. The van der Waals surface area contributed by atoms with E-state index in [1.165, 1.54) is 11.3 Å². The predicted molar refractivity (Wildman–Crippen MR) is 69.9 cm³/mol. The van der Waals surface area contributed by atoms with Crippen LogP contribution in [-0.4, -0.2) is 22.7 Å². The van der Waals surface area contributed by atoms with Crippen molar-refractivity contribution in [2.24, 2.45) is 0 Å². The molecule has 4 nitrogen and oxygen atoms in total. The zero-order valence-electron chi connectivity index (χ0n) is 10.1. The third-order valence-electron chi connectivity index (χ3n) is 2.37. The summed E-state index contributed by atoms with van der Waals surface area (Å²) in [6.07, 6.45) is 0. The van der Waals surface area contributed by atoms with Crippen LogP contribution in [-0.2, 0) is 4.74 Å². The Labute approximate surface area is 109 Å². The van der Waals surface area contributed by atoms with Crippen LogP contribution in [0.5, 0.6) is 5.75 Å². The number of carbonyl (C=O) groups excluding carboxylic acids is 1. The number of hydrogen-bond acceptors (Lipinski definition) is 5. The van der Waals surface area contributed by atoms with Crippen LogP contribution in [0.2, 0.25) is 0 Å². The molecule has 0 fully saturated rings. The standard InChI is InChI=1S/C13H13NO3S/c1-3-17-13(16)11-8(2)14-12(18-11)9-4-6-10(15)7-5-9/h4-7,15H,3H2,1-2H3. The van der Waals surface area contributed by atoms with E-state index in [1.54, 1.807) is 38.1 Å². The number of benzene rings is 1. The van der Waals surface area contributed by atoms with E-state index in [0.717, 1.165) is 10.6 Å². The summed E-state index contributed by atoms with van der Waals surface area (Å²) in [6.45, 7) is 3.91. The smallest absolute Gasteiger partial charge is 0.350 e. The molecule has 0 aliphatic rings. The second kappa shape index (κ2) is 5.18. The Kier molecular flexibility index (Phi) is 3.62. The summed E-state index contributed by atoms with van der Waals surface area (Å²) in [4.78, 5) is 16.6. The Hall–Kier alpha value is -1.88. The van der Waals surface area contributed by atoms with Crippen molar-refractivity contribution in [3.05, 3.63) is 34.8 Å². The van der Waals surface area contributed by atoms with Gasteiger partial charge < -0.3 is 9.84 Å². The van der Waals surface area contributed by atoms with Gasteiger partial charge in [-0.1, -0.05) is 0 Å². The minimum atomic E-state index is -0.336. The lowest BCUT2D eigenvalue weighted by Crippen LogP contribution is -2.03. The van der Waals surface area contributed by atoms with Crippen LogP contribution in [0.15, 0.2) is 24.3 Å². The fraction of sp³-hybridized carbons (Fsp3) is 0.231. The fourth-order valence-corrected chi connectivity index (χ4v) is 2.48. The molecular weight excluding hydrogens is 250 g/mol. The highest BCUT2D eigenvalue weighted by Gasteiger charge is 2.16. The molecule has 0 saturated heterocycles. The molecule has 0 saturated carbocycles. The van der Waals surface area contributed by atoms with E-state index in [1.807, 2.05) is 0 Å². The van der Waals surface area contributed by atoms with Gasteiger partial charge in [-0.3, -0.25) is 0 Å². The van der Waals surface area contributed by atoms with Gasteiger partial charge in [0.25, 0.3) is 0 Å². The lowest BCUT2D eigenvalue weighted by atomic mass is 10.2. The molecule has 94 valence electrons. The van der Waals surface area contributed by atoms with Gasteiger partial charge in [0.1, 0.15) is 15.6 Å². The van der Waals surface area contributed by atoms with Gasteiger partial charge in [0.2, 0.25) is 0 Å². The van der Waals surface area contributed by atoms with E-state index >= 15 is 0 Å². The molecule has 2 aromatic rings. The van der Waals surface area contributed by atoms with E-state index < -0.39 is 0 Å². The second-order valence-electron chi connectivity index (χ2n) is 3.70. The highest BCUT2D eigenvalue weighted by atomic mass is 32.1. The molecule has 0 aliphatic carbocycles. The number of esters is 1. The topological polar surface area (TPSA) is 59.4 Å². The Morgan fingerprint density at radius 2 is 2.06 bits per heavy atom. The molecule has 1 aromatic carbocycles. The third-order valence-corrected chi connectivity index (χ3v) is 3.56. The SMILES string of the molecule is CCOC(=O)c1sc(-c2ccc(O)cc2)nc1C. The monoisotopic (exact) mass is 263 g/mol. The molecule has 0 unspecified atom stereocenters. The maximum atomic E-state index is 11.7. The van der Waals surface area contributed by atoms with Crippen LogP contribution >= 0.6 is 11.3 Å². The van der Waals surface area contributed by atoms with Gasteiger partial charge in [-0.15, -0.1) is 11.3 Å². The van der Waals surface area contributed by atoms with Crippen LogP contribution in [0.25, 0.3) is 10.6 Å². The summed E-state index contributed by atoms with van der Waals surface area (Å²) in [5, 5.41) is 9.98. The first-order valence-corrected chi connectivity index (χ1v) is 6.37. The van der Waals surface area contributed by atoms with E-state index in [-0.39, 0.29) is 11.7 Å². The van der Waals surface area contributed by atoms with Crippen LogP contribution < -0.4 is 0 Å². The molecule has 1 heterocycles. The predicted octanol–water partition coefficient (Wildman–Crippen LogP) is 3.00. The molecule has 0 spiro atoms. The van der Waals surface area contributed by atoms with Gasteiger partial charge in [-0.2, -0.15) is 0 Å². The van der Waals surface area contributed by atoms with Gasteiger partial charge >= 0.3 is 5.97 Å². The highest BCUT2D eigenvalue weighted by molar-refractivity contribution is 7.17.